The number of benzene rings is 2. The van der Waals surface area contributed by atoms with Crippen LogP contribution in [0.3, 0.4) is 0 Å². The number of fused-ring (bicyclic) bond motifs is 1. The molecule has 2 aromatic rings. The van der Waals surface area contributed by atoms with Crippen molar-refractivity contribution in [3.63, 3.8) is 0 Å². The van der Waals surface area contributed by atoms with Gasteiger partial charge in [-0.05, 0) is 43.2 Å². The van der Waals surface area contributed by atoms with Crippen molar-refractivity contribution in [3.05, 3.63) is 53.1 Å². The van der Waals surface area contributed by atoms with E-state index in [0.717, 1.165) is 21.6 Å². The lowest BCUT2D eigenvalue weighted by atomic mass is 10.1. The molecule has 0 radical (unpaired) electrons. The van der Waals surface area contributed by atoms with Gasteiger partial charge in [0, 0.05) is 23.1 Å². The van der Waals surface area contributed by atoms with E-state index < -0.39 is 10.0 Å². The molecule has 1 aliphatic heterocycles. The van der Waals surface area contributed by atoms with Gasteiger partial charge in [-0.3, -0.25) is 4.79 Å². The molecular weight excluding hydrogens is 368 g/mol. The molecule has 0 spiro atoms. The van der Waals surface area contributed by atoms with Crippen LogP contribution >= 0.6 is 11.8 Å². The highest BCUT2D eigenvalue weighted by molar-refractivity contribution is 7.99. The highest BCUT2D eigenvalue weighted by atomic mass is 32.2. The first-order chi connectivity index (χ1) is 12.3. The average Bonchev–Trinajstić information content (AvgIpc) is 2.74. The summed E-state index contributed by atoms with van der Waals surface area (Å²) < 4.78 is 28.0. The van der Waals surface area contributed by atoms with Crippen LogP contribution in [0.1, 0.15) is 23.6 Å². The van der Waals surface area contributed by atoms with Crippen molar-refractivity contribution < 1.29 is 13.2 Å². The number of hydrogen-bond donors (Lipinski definition) is 2. The van der Waals surface area contributed by atoms with Gasteiger partial charge in [-0.2, -0.15) is 0 Å². The van der Waals surface area contributed by atoms with Crippen LogP contribution in [0, 0.1) is 19.8 Å². The van der Waals surface area contributed by atoms with E-state index in [9.17, 15) is 13.2 Å². The summed E-state index contributed by atoms with van der Waals surface area (Å²) in [5, 5.41) is 2.82. The Balaban J connectivity index is 1.83. The maximum absolute atomic E-state index is 12.7. The number of thioether (sulfide) groups is 1. The number of anilines is 1. The number of hydrogen-bond acceptors (Lipinski definition) is 4. The average molecular weight is 391 g/mol. The van der Waals surface area contributed by atoms with Crippen molar-refractivity contribution in [1.82, 2.24) is 4.72 Å². The van der Waals surface area contributed by atoms with Crippen molar-refractivity contribution in [2.24, 2.45) is 5.92 Å². The number of nitrogens with one attached hydrogen (secondary N) is 2. The van der Waals surface area contributed by atoms with Gasteiger partial charge in [-0.25, -0.2) is 13.1 Å². The number of carbonyl (C=O) groups excluding carboxylic acids is 1. The molecule has 0 aliphatic carbocycles. The van der Waals surface area contributed by atoms with Crippen LogP contribution in [0.5, 0.6) is 0 Å². The van der Waals surface area contributed by atoms with Gasteiger partial charge in [0.05, 0.1) is 10.6 Å². The van der Waals surface area contributed by atoms with Crippen LogP contribution in [-0.2, 0) is 21.4 Å². The number of amides is 1. The first-order valence-electron chi connectivity index (χ1n) is 8.40. The van der Waals surface area contributed by atoms with Crippen molar-refractivity contribution >= 4 is 33.4 Å². The van der Waals surface area contributed by atoms with Gasteiger partial charge in [0.1, 0.15) is 0 Å². The lowest BCUT2D eigenvalue weighted by molar-refractivity contribution is -0.118. The fourth-order valence-electron chi connectivity index (χ4n) is 2.69. The quantitative estimate of drug-likeness (QED) is 0.838. The molecule has 0 bridgehead atoms. The standard InChI is InChI=1S/C19H22N2O3S2/c1-12-4-5-13(2)15(8-12)10-20-26(23,24)16-6-7-18-17(9-16)21-19(22)14(3)11-25-18/h4-9,14,20H,10-11H2,1-3H3,(H,21,22). The number of rotatable bonds is 4. The zero-order valence-corrected chi connectivity index (χ0v) is 16.6. The second-order valence-electron chi connectivity index (χ2n) is 6.61. The van der Waals surface area contributed by atoms with Crippen LogP contribution in [0.25, 0.3) is 0 Å². The topological polar surface area (TPSA) is 75.3 Å². The van der Waals surface area contributed by atoms with Crippen molar-refractivity contribution in [1.29, 1.82) is 0 Å². The summed E-state index contributed by atoms with van der Waals surface area (Å²) in [4.78, 5) is 13.1. The monoisotopic (exact) mass is 390 g/mol. The molecule has 138 valence electrons. The maximum atomic E-state index is 12.7. The van der Waals surface area contributed by atoms with Crippen LogP contribution < -0.4 is 10.0 Å². The van der Waals surface area contributed by atoms with Crippen molar-refractivity contribution in [2.45, 2.75) is 37.1 Å². The first kappa shape index (κ1) is 18.9. The lowest BCUT2D eigenvalue weighted by Gasteiger charge is -2.12. The maximum Gasteiger partial charge on any atom is 0.240 e. The third-order valence-electron chi connectivity index (χ3n) is 4.41. The van der Waals surface area contributed by atoms with E-state index in [2.05, 4.69) is 10.0 Å². The smallest absolute Gasteiger partial charge is 0.240 e. The molecule has 1 unspecified atom stereocenters. The second kappa shape index (κ2) is 7.42. The third-order valence-corrected chi connectivity index (χ3v) is 7.15. The summed E-state index contributed by atoms with van der Waals surface area (Å²) in [6, 6.07) is 10.8. The zero-order chi connectivity index (χ0) is 18.9. The van der Waals surface area contributed by atoms with E-state index in [0.29, 0.717) is 11.4 Å². The zero-order valence-electron chi connectivity index (χ0n) is 15.0. The van der Waals surface area contributed by atoms with Gasteiger partial charge in [0.25, 0.3) is 0 Å². The van der Waals surface area contributed by atoms with Gasteiger partial charge in [0.2, 0.25) is 15.9 Å². The van der Waals surface area contributed by atoms with Crippen LogP contribution in [0.4, 0.5) is 5.69 Å². The van der Waals surface area contributed by atoms with E-state index in [1.54, 1.807) is 23.9 Å². The van der Waals surface area contributed by atoms with Gasteiger partial charge >= 0.3 is 0 Å². The Labute approximate surface area is 158 Å². The summed E-state index contributed by atoms with van der Waals surface area (Å²) in [5.41, 5.74) is 3.63. The Kier molecular flexibility index (Phi) is 5.41. The molecule has 7 heteroatoms. The second-order valence-corrected chi connectivity index (χ2v) is 9.44. The summed E-state index contributed by atoms with van der Waals surface area (Å²) in [5.74, 6) is 0.472. The minimum absolute atomic E-state index is 0.0888. The fourth-order valence-corrected chi connectivity index (χ4v) is 4.74. The molecule has 0 saturated heterocycles. The molecule has 2 N–H and O–H groups in total. The molecule has 0 aromatic heterocycles. The van der Waals surface area contributed by atoms with Crippen molar-refractivity contribution in [2.75, 3.05) is 11.1 Å². The highest BCUT2D eigenvalue weighted by Crippen LogP contribution is 2.34. The summed E-state index contributed by atoms with van der Waals surface area (Å²) in [7, 11) is -3.68. The van der Waals surface area contributed by atoms with E-state index in [4.69, 9.17) is 0 Å². The normalized spacial score (nSPS) is 17.3. The minimum Gasteiger partial charge on any atom is -0.325 e. The molecule has 26 heavy (non-hydrogen) atoms. The van der Waals surface area contributed by atoms with Gasteiger partial charge in [-0.15, -0.1) is 11.8 Å². The largest absolute Gasteiger partial charge is 0.325 e. The van der Waals surface area contributed by atoms with Gasteiger partial charge < -0.3 is 5.32 Å². The molecule has 0 fully saturated rings. The molecular formula is C19H22N2O3S2. The Morgan fingerprint density at radius 1 is 1.19 bits per heavy atom. The predicted octanol–water partition coefficient (Wildman–Crippen LogP) is 3.46. The molecule has 1 amide bonds. The molecule has 0 saturated carbocycles. The predicted molar refractivity (Wildman–Crippen MR) is 105 cm³/mol. The molecule has 1 heterocycles. The summed E-state index contributed by atoms with van der Waals surface area (Å²) in [6.07, 6.45) is 0. The molecule has 2 aromatic carbocycles. The Morgan fingerprint density at radius 2 is 1.96 bits per heavy atom. The minimum atomic E-state index is -3.68. The third kappa shape index (κ3) is 4.11. The Morgan fingerprint density at radius 3 is 2.73 bits per heavy atom. The molecule has 1 aliphatic rings. The number of aryl methyl sites for hydroxylation is 2. The lowest BCUT2D eigenvalue weighted by Crippen LogP contribution is -2.24. The highest BCUT2D eigenvalue weighted by Gasteiger charge is 2.22. The van der Waals surface area contributed by atoms with Crippen LogP contribution in [-0.4, -0.2) is 20.1 Å². The van der Waals surface area contributed by atoms with Gasteiger partial charge in [0.15, 0.2) is 0 Å². The van der Waals surface area contributed by atoms with E-state index >= 15 is 0 Å². The number of sulfonamides is 1. The van der Waals surface area contributed by atoms with Crippen LogP contribution in [0.2, 0.25) is 0 Å². The van der Waals surface area contributed by atoms with E-state index in [1.165, 1.54) is 6.07 Å². The molecule has 1 atom stereocenters. The molecule has 3 rings (SSSR count). The number of carbonyl (C=O) groups is 1. The van der Waals surface area contributed by atoms with Crippen LogP contribution in [0.15, 0.2) is 46.2 Å². The van der Waals surface area contributed by atoms with Crippen molar-refractivity contribution in [3.8, 4) is 0 Å². The SMILES string of the molecule is Cc1ccc(C)c(CNS(=O)(=O)c2ccc3c(c2)NC(=O)C(C)CS3)c1. The fraction of sp³-hybridized carbons (Fsp3) is 0.316. The van der Waals surface area contributed by atoms with E-state index in [1.807, 2.05) is 39.0 Å². The van der Waals surface area contributed by atoms with Gasteiger partial charge in [-0.1, -0.05) is 30.7 Å². The Hall–Kier alpha value is -1.83. The summed E-state index contributed by atoms with van der Waals surface area (Å²) >= 11 is 1.56. The Bertz CT molecular complexity index is 955. The molecule has 5 nitrogen and oxygen atoms in total. The first-order valence-corrected chi connectivity index (χ1v) is 10.9. The summed E-state index contributed by atoms with van der Waals surface area (Å²) in [6.45, 7) is 6.02. The van der Waals surface area contributed by atoms with E-state index in [-0.39, 0.29) is 23.3 Å².